The van der Waals surface area contributed by atoms with E-state index in [1.165, 1.54) is 14.2 Å². The summed E-state index contributed by atoms with van der Waals surface area (Å²) in [5, 5.41) is 92.7. The molecule has 4 heterocycles. The van der Waals surface area contributed by atoms with Gasteiger partial charge in [-0.25, -0.2) is 0 Å². The standard InChI is InChI=1S/C26H46O18/c1-8-20(10(36-3)5-13(29)38-8)42-26-19(35)23(37-4)21(9(2)39-26)43-25-18(34)16(32)22(12(7-28)41-25)44-24-17(33)15(31)14(30)11(6-27)40-24/h8-35H,5-7H2,1-4H3/t8-,9-,10-,11-,12-,13?,14-,15+,16-,17-,18-,19-,20-,21-,22-,23-,24+,25+,26+/m1/s1. The van der Waals surface area contributed by atoms with Gasteiger partial charge in [0.1, 0.15) is 73.2 Å². The fourth-order valence-corrected chi connectivity index (χ4v) is 5.98. The van der Waals surface area contributed by atoms with Crippen molar-refractivity contribution < 1.29 is 88.6 Å². The minimum atomic E-state index is -1.81. The van der Waals surface area contributed by atoms with Crippen molar-refractivity contribution in [1.82, 2.24) is 0 Å². The van der Waals surface area contributed by atoms with Crippen LogP contribution in [0.1, 0.15) is 20.3 Å². The lowest BCUT2D eigenvalue weighted by Crippen LogP contribution is -2.66. The summed E-state index contributed by atoms with van der Waals surface area (Å²) in [6.45, 7) is 1.79. The Morgan fingerprint density at radius 3 is 1.64 bits per heavy atom. The molecule has 0 bridgehead atoms. The zero-order valence-corrected chi connectivity index (χ0v) is 24.8. The molecule has 4 aliphatic heterocycles. The van der Waals surface area contributed by atoms with Gasteiger partial charge in [-0.2, -0.15) is 0 Å². The Labute approximate surface area is 253 Å². The summed E-state index contributed by atoms with van der Waals surface area (Å²) in [5.74, 6) is 0. The minimum Gasteiger partial charge on any atom is -0.394 e. The van der Waals surface area contributed by atoms with E-state index in [0.717, 1.165) is 0 Å². The highest BCUT2D eigenvalue weighted by molar-refractivity contribution is 4.97. The predicted octanol–water partition coefficient (Wildman–Crippen LogP) is -5.36. The van der Waals surface area contributed by atoms with Crippen LogP contribution < -0.4 is 0 Å². The van der Waals surface area contributed by atoms with Crippen LogP contribution in [0, 0.1) is 0 Å². The van der Waals surface area contributed by atoms with Crippen LogP contribution in [0.2, 0.25) is 0 Å². The van der Waals surface area contributed by atoms with Gasteiger partial charge >= 0.3 is 0 Å². The molecule has 1 unspecified atom stereocenters. The molecule has 4 fully saturated rings. The lowest BCUT2D eigenvalue weighted by atomic mass is 9.96. The second kappa shape index (κ2) is 15.5. The molecule has 0 aromatic rings. The van der Waals surface area contributed by atoms with Gasteiger partial charge in [0.15, 0.2) is 25.2 Å². The first kappa shape index (κ1) is 36.1. The monoisotopic (exact) mass is 646 g/mol. The first-order chi connectivity index (χ1) is 20.9. The summed E-state index contributed by atoms with van der Waals surface area (Å²) in [7, 11) is 2.77. The zero-order valence-electron chi connectivity index (χ0n) is 24.8. The van der Waals surface area contributed by atoms with Crippen LogP contribution in [0.5, 0.6) is 0 Å². The lowest BCUT2D eigenvalue weighted by molar-refractivity contribution is -0.383. The first-order valence-electron chi connectivity index (χ1n) is 14.5. The topological polar surface area (TPSA) is 265 Å². The molecule has 0 spiro atoms. The number of methoxy groups -OCH3 is 2. The molecule has 18 heteroatoms. The molecule has 0 aromatic carbocycles. The van der Waals surface area contributed by atoms with Crippen molar-refractivity contribution in [3.8, 4) is 0 Å². The normalized spacial score (nSPS) is 52.2. The highest BCUT2D eigenvalue weighted by Crippen LogP contribution is 2.34. The van der Waals surface area contributed by atoms with Gasteiger partial charge in [0.25, 0.3) is 0 Å². The molecule has 258 valence electrons. The Morgan fingerprint density at radius 1 is 0.523 bits per heavy atom. The number of aliphatic hydroxyl groups excluding tert-OH is 9. The Morgan fingerprint density at radius 2 is 1.05 bits per heavy atom. The van der Waals surface area contributed by atoms with Crippen molar-refractivity contribution in [3.05, 3.63) is 0 Å². The van der Waals surface area contributed by atoms with Crippen molar-refractivity contribution in [3.63, 3.8) is 0 Å². The summed E-state index contributed by atoms with van der Waals surface area (Å²) < 4.78 is 50.8. The molecule has 0 radical (unpaired) electrons. The summed E-state index contributed by atoms with van der Waals surface area (Å²) in [5.41, 5.74) is 0. The SMILES string of the molecule is CO[C@@H]1[C@@H](O)[C@H](O[C@@H]2[C@@H](C)OC(O)C[C@H]2OC)O[C@H](C)[C@H]1O[C@@H]1O[C@H](CO)[C@@H](O[C@@H]2O[C@H](CO)[C@@H](O)[C@H](O)[C@H]2O)[C@H](O)[C@H]1O. The second-order valence-electron chi connectivity index (χ2n) is 11.4. The molecule has 0 aromatic heterocycles. The van der Waals surface area contributed by atoms with E-state index in [1.807, 2.05) is 0 Å². The van der Waals surface area contributed by atoms with Gasteiger partial charge in [-0.1, -0.05) is 0 Å². The van der Waals surface area contributed by atoms with Crippen molar-refractivity contribution in [2.75, 3.05) is 27.4 Å². The molecule has 4 rings (SSSR count). The van der Waals surface area contributed by atoms with Gasteiger partial charge in [-0.05, 0) is 13.8 Å². The third-order valence-corrected chi connectivity index (χ3v) is 8.50. The fraction of sp³-hybridized carbons (Fsp3) is 1.00. The van der Waals surface area contributed by atoms with Crippen LogP contribution in [0.3, 0.4) is 0 Å². The minimum absolute atomic E-state index is 0.135. The maximum Gasteiger partial charge on any atom is 0.187 e. The fourth-order valence-electron chi connectivity index (χ4n) is 5.98. The van der Waals surface area contributed by atoms with E-state index in [9.17, 15) is 46.0 Å². The highest BCUT2D eigenvalue weighted by Gasteiger charge is 2.54. The quantitative estimate of drug-likeness (QED) is 0.107. The van der Waals surface area contributed by atoms with Gasteiger partial charge in [-0.15, -0.1) is 0 Å². The second-order valence-corrected chi connectivity index (χ2v) is 11.4. The Kier molecular flexibility index (Phi) is 12.7. The molecular weight excluding hydrogens is 600 g/mol. The molecule has 9 N–H and O–H groups in total. The Hall–Kier alpha value is -0.720. The Balaban J connectivity index is 1.42. The average molecular weight is 647 g/mol. The van der Waals surface area contributed by atoms with Crippen LogP contribution in [0.15, 0.2) is 0 Å². The van der Waals surface area contributed by atoms with E-state index >= 15 is 0 Å². The maximum atomic E-state index is 11.1. The van der Waals surface area contributed by atoms with Crippen LogP contribution >= 0.6 is 0 Å². The number of ether oxygens (including phenoxy) is 9. The molecule has 19 atom stereocenters. The van der Waals surface area contributed by atoms with Crippen molar-refractivity contribution in [2.45, 2.75) is 137 Å². The van der Waals surface area contributed by atoms with Gasteiger partial charge in [-0.3, -0.25) is 0 Å². The molecule has 0 amide bonds. The molecular formula is C26H46O18. The molecule has 4 aliphatic rings. The Bertz CT molecular complexity index is 882. The van der Waals surface area contributed by atoms with Crippen molar-refractivity contribution in [1.29, 1.82) is 0 Å². The van der Waals surface area contributed by atoms with Gasteiger partial charge in [0, 0.05) is 20.6 Å². The van der Waals surface area contributed by atoms with Gasteiger partial charge < -0.3 is 88.6 Å². The summed E-state index contributed by atoms with van der Waals surface area (Å²) >= 11 is 0. The van der Waals surface area contributed by atoms with Crippen LogP contribution in [-0.4, -0.2) is 190 Å². The molecule has 0 aliphatic carbocycles. The lowest BCUT2D eigenvalue weighted by Gasteiger charge is -2.49. The van der Waals surface area contributed by atoms with E-state index in [1.54, 1.807) is 13.8 Å². The van der Waals surface area contributed by atoms with Crippen LogP contribution in [0.4, 0.5) is 0 Å². The van der Waals surface area contributed by atoms with Crippen LogP contribution in [0.25, 0.3) is 0 Å². The molecule has 0 saturated carbocycles. The largest absolute Gasteiger partial charge is 0.394 e. The summed E-state index contributed by atoms with van der Waals surface area (Å²) in [4.78, 5) is 0. The van der Waals surface area contributed by atoms with Gasteiger partial charge in [0.2, 0.25) is 0 Å². The van der Waals surface area contributed by atoms with Gasteiger partial charge in [0.05, 0.1) is 31.5 Å². The van der Waals surface area contributed by atoms with E-state index in [2.05, 4.69) is 0 Å². The van der Waals surface area contributed by atoms with E-state index in [4.69, 9.17) is 42.6 Å². The van der Waals surface area contributed by atoms with Crippen LogP contribution in [-0.2, 0) is 42.6 Å². The highest BCUT2D eigenvalue weighted by atomic mass is 16.8. The first-order valence-corrected chi connectivity index (χ1v) is 14.5. The molecule has 4 saturated heterocycles. The van der Waals surface area contributed by atoms with E-state index < -0.39 is 130 Å². The number of rotatable bonds is 10. The summed E-state index contributed by atoms with van der Waals surface area (Å²) in [6, 6.07) is 0. The third kappa shape index (κ3) is 7.38. The average Bonchev–Trinajstić information content (AvgIpc) is 3.00. The predicted molar refractivity (Wildman–Crippen MR) is 139 cm³/mol. The van der Waals surface area contributed by atoms with Crippen molar-refractivity contribution >= 4 is 0 Å². The summed E-state index contributed by atoms with van der Waals surface area (Å²) in [6.07, 6.45) is -24.8. The number of hydrogen-bond acceptors (Lipinski definition) is 18. The van der Waals surface area contributed by atoms with E-state index in [-0.39, 0.29) is 6.42 Å². The zero-order chi connectivity index (χ0) is 32.5. The van der Waals surface area contributed by atoms with Crippen molar-refractivity contribution in [2.24, 2.45) is 0 Å². The third-order valence-electron chi connectivity index (χ3n) is 8.50. The number of hydrogen-bond donors (Lipinski definition) is 9. The number of aliphatic hydroxyl groups is 9. The van der Waals surface area contributed by atoms with E-state index in [0.29, 0.717) is 0 Å². The smallest absolute Gasteiger partial charge is 0.187 e. The molecule has 44 heavy (non-hydrogen) atoms. The molecule has 18 nitrogen and oxygen atoms in total. The maximum absolute atomic E-state index is 11.1.